The molecule has 0 N–H and O–H groups in total. The van der Waals surface area contributed by atoms with E-state index in [4.69, 9.17) is 4.74 Å². The van der Waals surface area contributed by atoms with Crippen LogP contribution in [0, 0.1) is 18.3 Å². The molecule has 21 heavy (non-hydrogen) atoms. The van der Waals surface area contributed by atoms with E-state index >= 15 is 0 Å². The summed E-state index contributed by atoms with van der Waals surface area (Å²) in [5, 5.41) is 9.34. The van der Waals surface area contributed by atoms with Crippen molar-refractivity contribution in [3.63, 3.8) is 0 Å². The van der Waals surface area contributed by atoms with Crippen molar-refractivity contribution in [2.24, 2.45) is 0 Å². The molecule has 0 saturated heterocycles. The van der Waals surface area contributed by atoms with Crippen LogP contribution in [0.5, 0.6) is 11.5 Å². The molecule has 0 heterocycles. The molecule has 0 aliphatic rings. The van der Waals surface area contributed by atoms with E-state index in [9.17, 15) is 5.26 Å². The minimum atomic E-state index is 0.494. The maximum absolute atomic E-state index is 9.34. The lowest BCUT2D eigenvalue weighted by Gasteiger charge is -2.13. The Morgan fingerprint density at radius 2 is 1.95 bits per heavy atom. The molecule has 2 nitrogen and oxygen atoms in total. The van der Waals surface area contributed by atoms with E-state index in [0.29, 0.717) is 17.2 Å². The monoisotopic (exact) mass is 297 g/mol. The fraction of sp³-hybridized carbons (Fsp3) is 0.278. The fourth-order valence-electron chi connectivity index (χ4n) is 2.36. The highest BCUT2D eigenvalue weighted by Gasteiger charge is 2.10. The van der Waals surface area contributed by atoms with Crippen molar-refractivity contribution in [1.29, 1.82) is 5.26 Å². The predicted octanol–water partition coefficient (Wildman–Crippen LogP) is 5.50. The Morgan fingerprint density at radius 3 is 2.52 bits per heavy atom. The quantitative estimate of drug-likeness (QED) is 0.698. The molecule has 2 aromatic rings. The summed E-state index contributed by atoms with van der Waals surface area (Å²) in [6, 6.07) is 14.0. The third-order valence-corrected chi connectivity index (χ3v) is 4.19. The number of aryl methyl sites for hydroxylation is 1. The van der Waals surface area contributed by atoms with E-state index in [2.05, 4.69) is 32.9 Å². The molecule has 0 aliphatic carbocycles. The summed E-state index contributed by atoms with van der Waals surface area (Å²) < 4.78 is 5.92. The first kappa shape index (κ1) is 15.5. The summed E-state index contributed by atoms with van der Waals surface area (Å²) >= 11 is 1.55. The van der Waals surface area contributed by atoms with E-state index in [1.165, 1.54) is 11.1 Å². The zero-order chi connectivity index (χ0) is 15.4. The summed E-state index contributed by atoms with van der Waals surface area (Å²) in [6.45, 7) is 6.45. The highest BCUT2D eigenvalue weighted by atomic mass is 32.2. The molecule has 2 aromatic carbocycles. The van der Waals surface area contributed by atoms with E-state index in [1.807, 2.05) is 36.6 Å². The molecule has 0 unspecified atom stereocenters. The van der Waals surface area contributed by atoms with Crippen molar-refractivity contribution in [2.45, 2.75) is 31.6 Å². The molecular formula is C18H19NOS. The van der Waals surface area contributed by atoms with Gasteiger partial charge < -0.3 is 4.74 Å². The standard InChI is InChI=1S/C18H19NOS/c1-12(2)15-9-8-14(10-13(15)3)20-17-6-5-7-18(21-4)16(17)11-19/h5-10,12H,1-4H3. The molecule has 0 amide bonds. The first-order valence-electron chi connectivity index (χ1n) is 6.92. The van der Waals surface area contributed by atoms with Gasteiger partial charge in [0.25, 0.3) is 0 Å². The van der Waals surface area contributed by atoms with Gasteiger partial charge in [0.2, 0.25) is 0 Å². The Hall–Kier alpha value is -1.92. The van der Waals surface area contributed by atoms with Gasteiger partial charge >= 0.3 is 0 Å². The van der Waals surface area contributed by atoms with Gasteiger partial charge in [0.1, 0.15) is 23.1 Å². The Bertz CT molecular complexity index is 686. The molecule has 0 aliphatic heterocycles. The SMILES string of the molecule is CSc1cccc(Oc2ccc(C(C)C)c(C)c2)c1C#N. The first-order chi connectivity index (χ1) is 10.1. The van der Waals surface area contributed by atoms with Crippen LogP contribution in [0.4, 0.5) is 0 Å². The van der Waals surface area contributed by atoms with E-state index < -0.39 is 0 Å². The Kier molecular flexibility index (Phi) is 4.93. The van der Waals surface area contributed by atoms with Gasteiger partial charge in [-0.25, -0.2) is 0 Å². The topological polar surface area (TPSA) is 33.0 Å². The number of nitrogens with zero attached hydrogens (tertiary/aromatic N) is 1. The number of rotatable bonds is 4. The van der Waals surface area contributed by atoms with Crippen LogP contribution < -0.4 is 4.74 Å². The molecule has 0 radical (unpaired) electrons. The maximum atomic E-state index is 9.34. The van der Waals surface area contributed by atoms with Crippen molar-refractivity contribution < 1.29 is 4.74 Å². The van der Waals surface area contributed by atoms with Crippen LogP contribution in [0.25, 0.3) is 0 Å². The summed E-state index contributed by atoms with van der Waals surface area (Å²) in [7, 11) is 0. The Morgan fingerprint density at radius 1 is 1.19 bits per heavy atom. The minimum Gasteiger partial charge on any atom is -0.456 e. The zero-order valence-corrected chi connectivity index (χ0v) is 13.6. The van der Waals surface area contributed by atoms with Gasteiger partial charge in [-0.3, -0.25) is 0 Å². The van der Waals surface area contributed by atoms with Crippen LogP contribution in [0.15, 0.2) is 41.3 Å². The highest BCUT2D eigenvalue weighted by molar-refractivity contribution is 7.98. The zero-order valence-electron chi connectivity index (χ0n) is 12.8. The van der Waals surface area contributed by atoms with E-state index in [-0.39, 0.29) is 0 Å². The van der Waals surface area contributed by atoms with Crippen LogP contribution in [-0.4, -0.2) is 6.26 Å². The van der Waals surface area contributed by atoms with Gasteiger partial charge in [0.05, 0.1) is 0 Å². The number of hydrogen-bond donors (Lipinski definition) is 0. The molecule has 108 valence electrons. The third-order valence-electron chi connectivity index (χ3n) is 3.41. The van der Waals surface area contributed by atoms with Crippen molar-refractivity contribution in [2.75, 3.05) is 6.26 Å². The molecule has 3 heteroatoms. The van der Waals surface area contributed by atoms with Crippen molar-refractivity contribution in [3.8, 4) is 17.6 Å². The number of nitriles is 1. The lowest BCUT2D eigenvalue weighted by molar-refractivity contribution is 0.479. The van der Waals surface area contributed by atoms with Gasteiger partial charge in [0.15, 0.2) is 0 Å². The highest BCUT2D eigenvalue weighted by Crippen LogP contribution is 2.32. The summed E-state index contributed by atoms with van der Waals surface area (Å²) in [5.41, 5.74) is 3.12. The molecule has 0 atom stereocenters. The second-order valence-corrected chi connectivity index (χ2v) is 6.07. The largest absolute Gasteiger partial charge is 0.456 e. The predicted molar refractivity (Wildman–Crippen MR) is 88.3 cm³/mol. The lowest BCUT2D eigenvalue weighted by atomic mass is 9.98. The lowest BCUT2D eigenvalue weighted by Crippen LogP contribution is -1.94. The van der Waals surface area contributed by atoms with Gasteiger partial charge in [-0.1, -0.05) is 26.0 Å². The molecule has 0 spiro atoms. The minimum absolute atomic E-state index is 0.494. The van der Waals surface area contributed by atoms with Crippen LogP contribution in [0.1, 0.15) is 36.5 Å². The van der Waals surface area contributed by atoms with Gasteiger partial charge in [-0.2, -0.15) is 5.26 Å². The first-order valence-corrected chi connectivity index (χ1v) is 8.14. The van der Waals surface area contributed by atoms with Crippen LogP contribution in [0.2, 0.25) is 0 Å². The summed E-state index contributed by atoms with van der Waals surface area (Å²) in [6.07, 6.45) is 1.96. The fourth-order valence-corrected chi connectivity index (χ4v) is 2.93. The van der Waals surface area contributed by atoms with Gasteiger partial charge in [-0.05, 0) is 54.5 Å². The third kappa shape index (κ3) is 3.40. The normalized spacial score (nSPS) is 10.5. The molecule has 2 rings (SSSR count). The average Bonchev–Trinajstić information content (AvgIpc) is 2.46. The van der Waals surface area contributed by atoms with Crippen LogP contribution in [0.3, 0.4) is 0 Å². The maximum Gasteiger partial charge on any atom is 0.146 e. The van der Waals surface area contributed by atoms with Crippen molar-refractivity contribution >= 4 is 11.8 Å². The van der Waals surface area contributed by atoms with Crippen LogP contribution >= 0.6 is 11.8 Å². The molecule has 0 fully saturated rings. The molecule has 0 aromatic heterocycles. The molecule has 0 bridgehead atoms. The van der Waals surface area contributed by atoms with Crippen molar-refractivity contribution in [1.82, 2.24) is 0 Å². The number of ether oxygens (including phenoxy) is 1. The number of hydrogen-bond acceptors (Lipinski definition) is 3. The number of thioether (sulfide) groups is 1. The van der Waals surface area contributed by atoms with E-state index in [0.717, 1.165) is 10.6 Å². The Labute approximate surface area is 130 Å². The second-order valence-electron chi connectivity index (χ2n) is 5.22. The molecular weight excluding hydrogens is 278 g/mol. The van der Waals surface area contributed by atoms with Crippen LogP contribution in [-0.2, 0) is 0 Å². The van der Waals surface area contributed by atoms with E-state index in [1.54, 1.807) is 11.8 Å². The Balaban J connectivity index is 2.35. The van der Waals surface area contributed by atoms with Gasteiger partial charge in [-0.15, -0.1) is 11.8 Å². The summed E-state index contributed by atoms with van der Waals surface area (Å²) in [4.78, 5) is 0.936. The average molecular weight is 297 g/mol. The van der Waals surface area contributed by atoms with Crippen molar-refractivity contribution in [3.05, 3.63) is 53.1 Å². The smallest absolute Gasteiger partial charge is 0.146 e. The second kappa shape index (κ2) is 6.69. The molecule has 0 saturated carbocycles. The number of benzene rings is 2. The summed E-state index contributed by atoms with van der Waals surface area (Å²) in [5.74, 6) is 1.88. The van der Waals surface area contributed by atoms with Gasteiger partial charge in [0, 0.05) is 4.90 Å².